The largest absolute Gasteiger partial charge is 0.351 e. The highest BCUT2D eigenvalue weighted by Crippen LogP contribution is 2.24. The number of hydrogen-bond acceptors (Lipinski definition) is 5. The highest BCUT2D eigenvalue weighted by molar-refractivity contribution is 7.85. The molecule has 1 unspecified atom stereocenters. The zero-order valence-electron chi connectivity index (χ0n) is 14.3. The lowest BCUT2D eigenvalue weighted by Crippen LogP contribution is -2.49. The third-order valence-electron chi connectivity index (χ3n) is 4.23. The predicted molar refractivity (Wildman–Crippen MR) is 101 cm³/mol. The van der Waals surface area contributed by atoms with Gasteiger partial charge in [-0.3, -0.25) is 13.9 Å². The summed E-state index contributed by atoms with van der Waals surface area (Å²) in [6, 6.07) is 6.63. The molecule has 1 aliphatic heterocycles. The van der Waals surface area contributed by atoms with Crippen molar-refractivity contribution in [1.82, 2.24) is 15.0 Å². The molecule has 0 bridgehead atoms. The molecule has 3 rings (SSSR count). The van der Waals surface area contributed by atoms with Crippen LogP contribution in [0.2, 0.25) is 10.0 Å². The van der Waals surface area contributed by atoms with Crippen molar-refractivity contribution in [2.45, 2.75) is 11.8 Å². The van der Waals surface area contributed by atoms with E-state index in [0.717, 1.165) is 13.1 Å². The van der Waals surface area contributed by atoms with E-state index in [2.05, 4.69) is 10.1 Å². The quantitative estimate of drug-likeness (QED) is 0.750. The zero-order valence-corrected chi connectivity index (χ0v) is 16.6. The van der Waals surface area contributed by atoms with E-state index in [0.29, 0.717) is 46.0 Å². The van der Waals surface area contributed by atoms with Crippen molar-refractivity contribution in [2.24, 2.45) is 0 Å². The van der Waals surface area contributed by atoms with Crippen LogP contribution < -0.4 is 0 Å². The lowest BCUT2D eigenvalue weighted by Gasteiger charge is -2.34. The van der Waals surface area contributed by atoms with E-state index in [4.69, 9.17) is 27.7 Å². The van der Waals surface area contributed by atoms with Gasteiger partial charge in [-0.15, -0.1) is 0 Å². The Balaban J connectivity index is 1.49. The molecule has 1 aromatic heterocycles. The molecule has 26 heavy (non-hydrogen) atoms. The Kier molecular flexibility index (Phi) is 6.34. The Morgan fingerprint density at radius 1 is 1.23 bits per heavy atom. The maximum absolute atomic E-state index is 12.5. The smallest absolute Gasteiger partial charge is 0.292 e. The second kappa shape index (κ2) is 8.52. The van der Waals surface area contributed by atoms with Crippen molar-refractivity contribution in [1.29, 1.82) is 0 Å². The van der Waals surface area contributed by atoms with Gasteiger partial charge in [0, 0.05) is 49.6 Å². The summed E-state index contributed by atoms with van der Waals surface area (Å²) in [6.45, 7) is 5.09. The van der Waals surface area contributed by atoms with Crippen molar-refractivity contribution in [3.63, 3.8) is 0 Å². The van der Waals surface area contributed by atoms with E-state index in [1.807, 2.05) is 0 Å². The fourth-order valence-electron chi connectivity index (χ4n) is 2.77. The van der Waals surface area contributed by atoms with Crippen molar-refractivity contribution in [2.75, 3.05) is 38.5 Å². The minimum Gasteiger partial charge on any atom is -0.351 e. The number of piperazine rings is 1. The molecule has 6 nitrogen and oxygen atoms in total. The van der Waals surface area contributed by atoms with Gasteiger partial charge in [-0.25, -0.2) is 0 Å². The first-order valence-corrected chi connectivity index (χ1v) is 10.3. The molecule has 0 aliphatic carbocycles. The number of aromatic nitrogens is 1. The molecular formula is C17H19Cl2N3O3S. The van der Waals surface area contributed by atoms with Crippen LogP contribution in [0.5, 0.6) is 0 Å². The van der Waals surface area contributed by atoms with Gasteiger partial charge in [-0.1, -0.05) is 28.4 Å². The molecule has 2 aromatic rings. The van der Waals surface area contributed by atoms with Gasteiger partial charge in [0.25, 0.3) is 5.91 Å². The van der Waals surface area contributed by atoms with Crippen LogP contribution in [0, 0.1) is 6.92 Å². The summed E-state index contributed by atoms with van der Waals surface area (Å²) >= 11 is 12.1. The van der Waals surface area contributed by atoms with Gasteiger partial charge in [-0.05, 0) is 25.1 Å². The lowest BCUT2D eigenvalue weighted by molar-refractivity contribution is 0.0604. The third-order valence-corrected chi connectivity index (χ3v) is 6.29. The van der Waals surface area contributed by atoms with Crippen LogP contribution in [0.15, 0.2) is 33.7 Å². The molecule has 0 N–H and O–H groups in total. The fourth-order valence-corrected chi connectivity index (χ4v) is 4.57. The number of halogens is 2. The minimum atomic E-state index is -1.21. The lowest BCUT2D eigenvalue weighted by atomic mass is 10.2. The fraction of sp³-hybridized carbons (Fsp3) is 0.412. The molecule has 0 spiro atoms. The highest BCUT2D eigenvalue weighted by Gasteiger charge is 2.25. The molecule has 1 saturated heterocycles. The Bertz CT molecular complexity index is 819. The van der Waals surface area contributed by atoms with Gasteiger partial charge >= 0.3 is 0 Å². The van der Waals surface area contributed by atoms with Gasteiger partial charge in [-0.2, -0.15) is 0 Å². The summed E-state index contributed by atoms with van der Waals surface area (Å²) in [7, 11) is -1.21. The molecule has 2 heterocycles. The Labute approximate surface area is 164 Å². The van der Waals surface area contributed by atoms with Crippen LogP contribution in [-0.4, -0.2) is 63.5 Å². The summed E-state index contributed by atoms with van der Waals surface area (Å²) in [5.41, 5.74) is 0.689. The average molecular weight is 416 g/mol. The van der Waals surface area contributed by atoms with Crippen LogP contribution in [0.25, 0.3) is 0 Å². The summed E-state index contributed by atoms with van der Waals surface area (Å²) in [6.07, 6.45) is 0. The van der Waals surface area contributed by atoms with Crippen LogP contribution in [0.1, 0.15) is 16.2 Å². The van der Waals surface area contributed by atoms with Crippen molar-refractivity contribution in [3.8, 4) is 0 Å². The maximum atomic E-state index is 12.5. The van der Waals surface area contributed by atoms with Gasteiger partial charge in [0.1, 0.15) is 0 Å². The third kappa shape index (κ3) is 4.65. The van der Waals surface area contributed by atoms with Crippen LogP contribution in [-0.2, 0) is 10.8 Å². The highest BCUT2D eigenvalue weighted by atomic mass is 35.5. The first kappa shape index (κ1) is 19.4. The Hall–Kier alpha value is -1.41. The van der Waals surface area contributed by atoms with E-state index in [1.165, 1.54) is 0 Å². The molecule has 1 fully saturated rings. The van der Waals surface area contributed by atoms with Crippen LogP contribution in [0.4, 0.5) is 0 Å². The van der Waals surface area contributed by atoms with E-state index in [-0.39, 0.29) is 11.7 Å². The summed E-state index contributed by atoms with van der Waals surface area (Å²) in [4.78, 5) is 16.8. The number of aryl methyl sites for hydroxylation is 1. The summed E-state index contributed by atoms with van der Waals surface area (Å²) in [5.74, 6) is 0.599. The summed E-state index contributed by atoms with van der Waals surface area (Å²) in [5, 5.41) is 4.74. The first-order valence-electron chi connectivity index (χ1n) is 8.22. The second-order valence-electron chi connectivity index (χ2n) is 6.09. The maximum Gasteiger partial charge on any atom is 0.292 e. The molecule has 1 aliphatic rings. The number of hydrogen-bond donors (Lipinski definition) is 0. The predicted octanol–water partition coefficient (Wildman–Crippen LogP) is 2.86. The van der Waals surface area contributed by atoms with E-state index in [1.54, 1.807) is 36.1 Å². The number of benzene rings is 1. The van der Waals surface area contributed by atoms with E-state index in [9.17, 15) is 9.00 Å². The number of carbonyl (C=O) groups excluding carboxylic acids is 1. The van der Waals surface area contributed by atoms with E-state index >= 15 is 0 Å². The molecule has 0 saturated carbocycles. The van der Waals surface area contributed by atoms with Crippen LogP contribution in [0.3, 0.4) is 0 Å². The SMILES string of the molecule is Cc1cc(C(=O)N2CCN(CCS(=O)c3cc(Cl)ccc3Cl)CC2)on1. The molecular weight excluding hydrogens is 397 g/mol. The zero-order chi connectivity index (χ0) is 18.7. The molecule has 1 aromatic carbocycles. The van der Waals surface area contributed by atoms with Crippen molar-refractivity contribution >= 4 is 39.9 Å². The average Bonchev–Trinajstić information content (AvgIpc) is 3.08. The Morgan fingerprint density at radius 3 is 2.62 bits per heavy atom. The standard InChI is InChI=1S/C17H19Cl2N3O3S/c1-12-10-15(25-20-12)17(23)22-6-4-21(5-7-22)8-9-26(24)16-11-13(18)2-3-14(16)19/h2-3,10-11H,4-9H2,1H3. The summed E-state index contributed by atoms with van der Waals surface area (Å²) < 4.78 is 17.5. The molecule has 1 amide bonds. The number of nitrogens with zero attached hydrogens (tertiary/aromatic N) is 3. The monoisotopic (exact) mass is 415 g/mol. The first-order chi connectivity index (χ1) is 12.4. The normalized spacial score (nSPS) is 16.7. The molecule has 9 heteroatoms. The molecule has 1 atom stereocenters. The van der Waals surface area contributed by atoms with Crippen molar-refractivity contribution in [3.05, 3.63) is 45.8 Å². The van der Waals surface area contributed by atoms with Crippen LogP contribution >= 0.6 is 23.2 Å². The van der Waals surface area contributed by atoms with Gasteiger partial charge in [0.05, 0.1) is 26.4 Å². The topological polar surface area (TPSA) is 66.7 Å². The molecule has 140 valence electrons. The van der Waals surface area contributed by atoms with Crippen molar-refractivity contribution < 1.29 is 13.5 Å². The number of amides is 1. The Morgan fingerprint density at radius 2 is 1.96 bits per heavy atom. The number of carbonyl (C=O) groups is 1. The number of rotatable bonds is 5. The second-order valence-corrected chi connectivity index (χ2v) is 8.47. The van der Waals surface area contributed by atoms with Gasteiger partial charge < -0.3 is 9.42 Å². The molecule has 0 radical (unpaired) electrons. The van der Waals surface area contributed by atoms with Gasteiger partial charge in [0.2, 0.25) is 5.76 Å². The van der Waals surface area contributed by atoms with Gasteiger partial charge in [0.15, 0.2) is 0 Å². The van der Waals surface area contributed by atoms with E-state index < -0.39 is 10.8 Å². The minimum absolute atomic E-state index is 0.139.